The molecule has 2 aromatic rings. The molecule has 1 aromatic carbocycles. The number of aliphatic imine (C=N–C) groups is 1. The molecule has 0 aliphatic heterocycles. The predicted molar refractivity (Wildman–Crippen MR) is 80.8 cm³/mol. The third-order valence-corrected chi connectivity index (χ3v) is 3.32. The molecule has 1 heterocycles. The van der Waals surface area contributed by atoms with Gasteiger partial charge >= 0.3 is 0 Å². The lowest BCUT2D eigenvalue weighted by atomic mass is 10.2. The smallest absolute Gasteiger partial charge is 0.228 e. The molecule has 0 saturated heterocycles. The molecular formula is C14H14N4OS. The molecule has 20 heavy (non-hydrogen) atoms. The summed E-state index contributed by atoms with van der Waals surface area (Å²) in [5, 5.41) is 11.8. The molecule has 0 radical (unpaired) electrons. The lowest BCUT2D eigenvalue weighted by Crippen LogP contribution is -2.12. The summed E-state index contributed by atoms with van der Waals surface area (Å²) in [6.07, 6.45) is 3.72. The van der Waals surface area contributed by atoms with Crippen LogP contribution in [0.3, 0.4) is 0 Å². The molecule has 6 heteroatoms. The molecule has 0 saturated carbocycles. The Morgan fingerprint density at radius 1 is 1.40 bits per heavy atom. The number of nitrogens with one attached hydrogen (secondary N) is 1. The van der Waals surface area contributed by atoms with E-state index in [1.54, 1.807) is 0 Å². The van der Waals surface area contributed by atoms with Gasteiger partial charge in [-0.15, -0.1) is 0 Å². The summed E-state index contributed by atoms with van der Waals surface area (Å²) in [7, 11) is 0. The molecule has 0 bridgehead atoms. The van der Waals surface area contributed by atoms with Gasteiger partial charge < -0.3 is 4.42 Å². The third-order valence-electron chi connectivity index (χ3n) is 2.74. The minimum Gasteiger partial charge on any atom is -0.441 e. The van der Waals surface area contributed by atoms with Crippen LogP contribution < -0.4 is 5.32 Å². The number of amidine groups is 1. The Labute approximate surface area is 121 Å². The van der Waals surface area contributed by atoms with Crippen molar-refractivity contribution in [3.05, 3.63) is 35.7 Å². The quantitative estimate of drug-likeness (QED) is 0.396. The van der Waals surface area contributed by atoms with Crippen LogP contribution in [0.2, 0.25) is 0 Å². The second-order valence-corrected chi connectivity index (χ2v) is 4.83. The predicted octanol–water partition coefficient (Wildman–Crippen LogP) is 3.38. The monoisotopic (exact) mass is 286 g/mol. The fraction of sp³-hybridized carbons (Fsp3) is 0.214. The summed E-state index contributed by atoms with van der Waals surface area (Å²) in [5.41, 5.74) is 2.37. The molecule has 0 aliphatic carbocycles. The van der Waals surface area contributed by atoms with Gasteiger partial charge in [-0.2, -0.15) is 5.26 Å². The van der Waals surface area contributed by atoms with E-state index in [2.05, 4.69) is 15.3 Å². The van der Waals surface area contributed by atoms with Crippen LogP contribution in [0.4, 0.5) is 5.69 Å². The molecule has 1 N–H and O–H groups in total. The minimum absolute atomic E-state index is 0.528. The zero-order valence-electron chi connectivity index (χ0n) is 11.5. The number of hydrogen-bond acceptors (Lipinski definition) is 5. The molecule has 0 aliphatic rings. The van der Waals surface area contributed by atoms with Crippen molar-refractivity contribution in [1.29, 1.82) is 5.26 Å². The maximum absolute atomic E-state index is 8.69. The number of thioether (sulfide) groups is 1. The van der Waals surface area contributed by atoms with Crippen LogP contribution in [0.15, 0.2) is 33.7 Å². The van der Waals surface area contributed by atoms with Crippen molar-refractivity contribution >= 4 is 22.6 Å². The summed E-state index contributed by atoms with van der Waals surface area (Å²) in [6.45, 7) is 3.78. The van der Waals surface area contributed by atoms with Gasteiger partial charge in [0.05, 0.1) is 16.9 Å². The normalized spacial score (nSPS) is 11.2. The zero-order chi connectivity index (χ0) is 14.5. The van der Waals surface area contributed by atoms with Crippen LogP contribution in [0.1, 0.15) is 11.5 Å². The van der Waals surface area contributed by atoms with Gasteiger partial charge in [-0.1, -0.05) is 23.9 Å². The Hall–Kier alpha value is -2.26. The fourth-order valence-corrected chi connectivity index (χ4v) is 1.96. The molecule has 1 aromatic heterocycles. The maximum atomic E-state index is 8.69. The fourth-order valence-electron chi connectivity index (χ4n) is 1.62. The molecule has 5 nitrogen and oxygen atoms in total. The summed E-state index contributed by atoms with van der Waals surface area (Å²) < 4.78 is 5.64. The molecule has 0 fully saturated rings. The van der Waals surface area contributed by atoms with E-state index in [0.717, 1.165) is 17.0 Å². The van der Waals surface area contributed by atoms with Crippen molar-refractivity contribution < 1.29 is 4.42 Å². The molecule has 2 rings (SSSR count). The molecule has 0 amide bonds. The number of oxazole rings is 1. The second kappa shape index (κ2) is 6.26. The molecular weight excluding hydrogens is 272 g/mol. The van der Waals surface area contributed by atoms with Gasteiger partial charge in [-0.05, 0) is 32.2 Å². The zero-order valence-corrected chi connectivity index (χ0v) is 12.3. The first-order chi connectivity index (χ1) is 9.65. The number of para-hydroxylation sites is 1. The Kier molecular flexibility index (Phi) is 4.43. The summed E-state index contributed by atoms with van der Waals surface area (Å²) in [5.74, 6) is 1.33. The van der Waals surface area contributed by atoms with E-state index in [-0.39, 0.29) is 0 Å². The van der Waals surface area contributed by atoms with Gasteiger partial charge in [-0.25, -0.2) is 9.98 Å². The average molecular weight is 286 g/mol. The molecule has 102 valence electrons. The second-order valence-electron chi connectivity index (χ2n) is 4.04. The molecule has 0 spiro atoms. The Balaban J connectivity index is 2.48. The van der Waals surface area contributed by atoms with E-state index in [1.807, 2.05) is 50.6 Å². The van der Waals surface area contributed by atoms with Crippen LogP contribution in [0, 0.1) is 25.3 Å². The SMILES string of the molecule is CSC(=Nc1ccccc1-c1nc(C)c(C)o1)NC#N. The van der Waals surface area contributed by atoms with Crippen molar-refractivity contribution in [2.24, 2.45) is 4.99 Å². The van der Waals surface area contributed by atoms with Gasteiger partial charge in [-0.3, -0.25) is 5.32 Å². The van der Waals surface area contributed by atoms with Crippen LogP contribution >= 0.6 is 11.8 Å². The van der Waals surface area contributed by atoms with Gasteiger partial charge in [0, 0.05) is 0 Å². The third kappa shape index (κ3) is 3.00. The van der Waals surface area contributed by atoms with Gasteiger partial charge in [0.15, 0.2) is 11.4 Å². The van der Waals surface area contributed by atoms with Gasteiger partial charge in [0.25, 0.3) is 0 Å². The van der Waals surface area contributed by atoms with Crippen LogP contribution in [-0.4, -0.2) is 16.4 Å². The first-order valence-electron chi connectivity index (χ1n) is 5.97. The average Bonchev–Trinajstić information content (AvgIpc) is 2.78. The number of benzene rings is 1. The maximum Gasteiger partial charge on any atom is 0.228 e. The lowest BCUT2D eigenvalue weighted by Gasteiger charge is -2.03. The number of rotatable bonds is 2. The highest BCUT2D eigenvalue weighted by Gasteiger charge is 2.12. The van der Waals surface area contributed by atoms with E-state index in [1.165, 1.54) is 11.8 Å². The number of aryl methyl sites for hydroxylation is 2. The Bertz CT molecular complexity index is 665. The Morgan fingerprint density at radius 2 is 2.15 bits per heavy atom. The van der Waals surface area contributed by atoms with E-state index in [4.69, 9.17) is 9.68 Å². The van der Waals surface area contributed by atoms with Crippen LogP contribution in [0.5, 0.6) is 0 Å². The van der Waals surface area contributed by atoms with E-state index >= 15 is 0 Å². The number of hydrogen-bond donors (Lipinski definition) is 1. The molecule has 0 unspecified atom stereocenters. The van der Waals surface area contributed by atoms with Crippen molar-refractivity contribution in [3.8, 4) is 17.6 Å². The van der Waals surface area contributed by atoms with Crippen LogP contribution in [0.25, 0.3) is 11.5 Å². The van der Waals surface area contributed by atoms with Crippen molar-refractivity contribution in [1.82, 2.24) is 10.3 Å². The largest absolute Gasteiger partial charge is 0.441 e. The summed E-state index contributed by atoms with van der Waals surface area (Å²) in [4.78, 5) is 8.82. The standard InChI is InChI=1S/C14H14N4OS/c1-9-10(2)19-13(17-9)11-6-4-5-7-12(11)18-14(20-3)16-8-15/h4-7H,1-3H3,(H,16,18). The molecule has 0 atom stereocenters. The van der Waals surface area contributed by atoms with E-state index in [0.29, 0.717) is 16.7 Å². The van der Waals surface area contributed by atoms with Crippen molar-refractivity contribution in [3.63, 3.8) is 0 Å². The Morgan fingerprint density at radius 3 is 2.75 bits per heavy atom. The first-order valence-corrected chi connectivity index (χ1v) is 7.19. The topological polar surface area (TPSA) is 74.2 Å². The summed E-state index contributed by atoms with van der Waals surface area (Å²) in [6, 6.07) is 7.54. The van der Waals surface area contributed by atoms with Crippen molar-refractivity contribution in [2.75, 3.05) is 6.26 Å². The highest BCUT2D eigenvalue weighted by Crippen LogP contribution is 2.31. The number of aromatic nitrogens is 1. The van der Waals surface area contributed by atoms with E-state index < -0.39 is 0 Å². The lowest BCUT2D eigenvalue weighted by molar-refractivity contribution is 0.541. The highest BCUT2D eigenvalue weighted by atomic mass is 32.2. The van der Waals surface area contributed by atoms with Gasteiger partial charge in [0.2, 0.25) is 5.89 Å². The van der Waals surface area contributed by atoms with Crippen molar-refractivity contribution in [2.45, 2.75) is 13.8 Å². The highest BCUT2D eigenvalue weighted by molar-refractivity contribution is 8.13. The number of nitriles is 1. The minimum atomic E-state index is 0.528. The van der Waals surface area contributed by atoms with E-state index in [9.17, 15) is 0 Å². The number of nitrogens with zero attached hydrogens (tertiary/aromatic N) is 3. The van der Waals surface area contributed by atoms with Crippen LogP contribution in [-0.2, 0) is 0 Å². The summed E-state index contributed by atoms with van der Waals surface area (Å²) >= 11 is 1.37. The van der Waals surface area contributed by atoms with Gasteiger partial charge in [0.1, 0.15) is 5.76 Å². The first kappa shape index (κ1) is 14.2.